The van der Waals surface area contributed by atoms with Crippen molar-refractivity contribution in [2.24, 2.45) is 0 Å². The Hall–Kier alpha value is -2.51. The molecule has 2 aliphatic rings. The van der Waals surface area contributed by atoms with Crippen molar-refractivity contribution < 1.29 is 37.7 Å². The Bertz CT molecular complexity index is 984. The summed E-state index contributed by atoms with van der Waals surface area (Å²) in [5, 5.41) is 21.1. The Kier molecular flexibility index (Phi) is 8.16. The summed E-state index contributed by atoms with van der Waals surface area (Å²) in [5.74, 6) is -0.286. The summed E-state index contributed by atoms with van der Waals surface area (Å²) in [6, 6.07) is -0.772. The third kappa shape index (κ3) is 6.43. The van der Waals surface area contributed by atoms with Crippen molar-refractivity contribution in [2.75, 3.05) is 26.2 Å². The number of rotatable bonds is 6. The standard InChI is InChI=1S/C23H34F3N5O5/c1-13-9-30(19(33)12-36-13)10-15(31(21(34)35)22(3,4)5)8-18(32)29-7-6-16-17(11-29)27-14(2)28-20(16)23(24,25)26/h13,15,18,32H,6-12H2,1-5H3,(H,34,35)/t13-,15-,18?/m0/s1. The minimum atomic E-state index is -4.61. The van der Waals surface area contributed by atoms with Crippen molar-refractivity contribution in [3.8, 4) is 0 Å². The van der Waals surface area contributed by atoms with Gasteiger partial charge >= 0.3 is 12.3 Å². The van der Waals surface area contributed by atoms with Gasteiger partial charge in [0.15, 0.2) is 5.69 Å². The number of hydrogen-bond acceptors (Lipinski definition) is 7. The zero-order chi connectivity index (χ0) is 27.0. The molecule has 1 aromatic rings. The molecular weight excluding hydrogens is 483 g/mol. The van der Waals surface area contributed by atoms with Crippen molar-refractivity contribution in [3.05, 3.63) is 22.8 Å². The molecule has 1 fully saturated rings. The fourth-order valence-electron chi connectivity index (χ4n) is 4.91. The maximum atomic E-state index is 13.5. The summed E-state index contributed by atoms with van der Waals surface area (Å²) in [6.07, 6.45) is -7.26. The highest BCUT2D eigenvalue weighted by molar-refractivity contribution is 5.78. The van der Waals surface area contributed by atoms with Crippen LogP contribution in [0.5, 0.6) is 0 Å². The maximum Gasteiger partial charge on any atom is 0.433 e. The third-order valence-electron chi connectivity index (χ3n) is 6.43. The first-order valence-corrected chi connectivity index (χ1v) is 11.8. The van der Waals surface area contributed by atoms with E-state index in [1.165, 1.54) is 16.7 Å². The van der Waals surface area contributed by atoms with Crippen molar-refractivity contribution in [1.29, 1.82) is 0 Å². The van der Waals surface area contributed by atoms with Gasteiger partial charge in [0.05, 0.1) is 17.8 Å². The zero-order valence-electron chi connectivity index (χ0n) is 21.2. The van der Waals surface area contributed by atoms with Crippen LogP contribution in [0.1, 0.15) is 56.9 Å². The van der Waals surface area contributed by atoms with E-state index < -0.39 is 35.8 Å². The van der Waals surface area contributed by atoms with Gasteiger partial charge in [0.2, 0.25) is 5.91 Å². The predicted octanol–water partition coefficient (Wildman–Crippen LogP) is 2.26. The first-order valence-electron chi connectivity index (χ1n) is 11.8. The molecule has 3 rings (SSSR count). The molecule has 0 radical (unpaired) electrons. The average molecular weight is 518 g/mol. The highest BCUT2D eigenvalue weighted by Crippen LogP contribution is 2.34. The quantitative estimate of drug-likeness (QED) is 0.590. The minimum Gasteiger partial charge on any atom is -0.465 e. The fourth-order valence-corrected chi connectivity index (χ4v) is 4.91. The van der Waals surface area contributed by atoms with Crippen LogP contribution in [0.3, 0.4) is 0 Å². The van der Waals surface area contributed by atoms with Crippen molar-refractivity contribution >= 4 is 12.0 Å². The van der Waals surface area contributed by atoms with Gasteiger partial charge in [-0.05, 0) is 41.0 Å². The lowest BCUT2D eigenvalue weighted by atomic mass is 9.98. The monoisotopic (exact) mass is 517 g/mol. The molecule has 1 unspecified atom stereocenters. The molecule has 1 aromatic heterocycles. The van der Waals surface area contributed by atoms with Gasteiger partial charge in [-0.1, -0.05) is 0 Å². The van der Waals surface area contributed by atoms with Crippen LogP contribution in [0.15, 0.2) is 0 Å². The smallest absolute Gasteiger partial charge is 0.433 e. The van der Waals surface area contributed by atoms with Crippen LogP contribution < -0.4 is 0 Å². The van der Waals surface area contributed by atoms with Gasteiger partial charge < -0.3 is 19.8 Å². The molecule has 2 amide bonds. The SMILES string of the molecule is Cc1nc2c(c(C(F)(F)F)n1)CCN(C(O)C[C@@H](CN1C[C@H](C)OCC1=O)N(C(=O)O)C(C)(C)C)C2. The molecule has 3 atom stereocenters. The van der Waals surface area contributed by atoms with Gasteiger partial charge in [-0.3, -0.25) is 14.6 Å². The summed E-state index contributed by atoms with van der Waals surface area (Å²) in [7, 11) is 0. The van der Waals surface area contributed by atoms with Gasteiger partial charge in [0.25, 0.3) is 0 Å². The van der Waals surface area contributed by atoms with E-state index in [-0.39, 0.29) is 74.7 Å². The molecule has 0 saturated carbocycles. The number of halogens is 3. The number of alkyl halides is 3. The maximum absolute atomic E-state index is 13.5. The lowest BCUT2D eigenvalue weighted by Crippen LogP contribution is -2.59. The Morgan fingerprint density at radius 1 is 1.28 bits per heavy atom. The number of carboxylic acid groups (broad SMARTS) is 1. The van der Waals surface area contributed by atoms with E-state index >= 15 is 0 Å². The molecule has 36 heavy (non-hydrogen) atoms. The summed E-state index contributed by atoms with van der Waals surface area (Å²) >= 11 is 0. The Balaban J connectivity index is 1.84. The van der Waals surface area contributed by atoms with Crippen molar-refractivity contribution in [2.45, 2.75) is 84.1 Å². The van der Waals surface area contributed by atoms with Gasteiger partial charge in [0.1, 0.15) is 18.7 Å². The molecule has 10 nitrogen and oxygen atoms in total. The van der Waals surface area contributed by atoms with Crippen molar-refractivity contribution in [1.82, 2.24) is 24.7 Å². The van der Waals surface area contributed by atoms with Crippen LogP contribution in [0.4, 0.5) is 18.0 Å². The predicted molar refractivity (Wildman–Crippen MR) is 122 cm³/mol. The number of aliphatic hydroxyl groups is 1. The summed E-state index contributed by atoms with van der Waals surface area (Å²) in [5.41, 5.74) is -1.58. The normalized spacial score (nSPS) is 21.2. The number of aliphatic hydroxyl groups excluding tert-OH is 1. The number of aromatic nitrogens is 2. The van der Waals surface area contributed by atoms with Crippen LogP contribution >= 0.6 is 0 Å². The number of amides is 2. The Morgan fingerprint density at radius 3 is 2.53 bits per heavy atom. The van der Waals surface area contributed by atoms with Crippen LogP contribution in [0, 0.1) is 6.92 Å². The number of carbonyl (C=O) groups is 2. The van der Waals surface area contributed by atoms with Crippen LogP contribution in [0.25, 0.3) is 0 Å². The molecule has 1 saturated heterocycles. The topological polar surface area (TPSA) is 119 Å². The van der Waals surface area contributed by atoms with E-state index in [9.17, 15) is 33.0 Å². The minimum absolute atomic E-state index is 0.00639. The van der Waals surface area contributed by atoms with E-state index in [0.717, 1.165) is 0 Å². The zero-order valence-corrected chi connectivity index (χ0v) is 21.2. The molecule has 2 N–H and O–H groups in total. The first-order chi connectivity index (χ1) is 16.6. The Labute approximate surface area is 208 Å². The van der Waals surface area contributed by atoms with E-state index in [2.05, 4.69) is 9.97 Å². The lowest BCUT2D eigenvalue weighted by Gasteiger charge is -2.44. The number of ether oxygens (including phenoxy) is 1. The van der Waals surface area contributed by atoms with Crippen LogP contribution in [-0.4, -0.2) is 97.0 Å². The lowest BCUT2D eigenvalue weighted by molar-refractivity contribution is -0.150. The van der Waals surface area contributed by atoms with E-state index in [1.807, 2.05) is 6.92 Å². The highest BCUT2D eigenvalue weighted by Gasteiger charge is 2.41. The number of carbonyl (C=O) groups excluding carboxylic acids is 1. The third-order valence-corrected chi connectivity index (χ3v) is 6.43. The number of nitrogens with zero attached hydrogens (tertiary/aromatic N) is 5. The largest absolute Gasteiger partial charge is 0.465 e. The molecule has 0 spiro atoms. The molecule has 0 aliphatic carbocycles. The molecular formula is C23H34F3N5O5. The second-order valence-corrected chi connectivity index (χ2v) is 10.4. The summed E-state index contributed by atoms with van der Waals surface area (Å²) in [4.78, 5) is 36.8. The van der Waals surface area contributed by atoms with Gasteiger partial charge in [-0.25, -0.2) is 14.8 Å². The fraction of sp³-hybridized carbons (Fsp3) is 0.739. The van der Waals surface area contributed by atoms with Crippen LogP contribution in [-0.2, 0) is 28.7 Å². The molecule has 0 aromatic carbocycles. The van der Waals surface area contributed by atoms with E-state index in [1.54, 1.807) is 25.7 Å². The molecule has 3 heterocycles. The van der Waals surface area contributed by atoms with Gasteiger partial charge in [0, 0.05) is 43.7 Å². The highest BCUT2D eigenvalue weighted by atomic mass is 19.4. The number of morpholine rings is 1. The second kappa shape index (κ2) is 10.5. The second-order valence-electron chi connectivity index (χ2n) is 10.4. The molecule has 2 aliphatic heterocycles. The number of hydrogen-bond donors (Lipinski definition) is 2. The summed E-state index contributed by atoms with van der Waals surface area (Å²) < 4.78 is 45.8. The van der Waals surface area contributed by atoms with Crippen molar-refractivity contribution in [3.63, 3.8) is 0 Å². The first kappa shape index (κ1) is 28.1. The van der Waals surface area contributed by atoms with E-state index in [4.69, 9.17) is 4.74 Å². The van der Waals surface area contributed by atoms with E-state index in [0.29, 0.717) is 0 Å². The summed E-state index contributed by atoms with van der Waals surface area (Å²) in [6.45, 7) is 8.68. The molecule has 0 bridgehead atoms. The number of aryl methyl sites for hydroxylation is 1. The molecule has 13 heteroatoms. The Morgan fingerprint density at radius 2 is 1.94 bits per heavy atom. The van der Waals surface area contributed by atoms with Gasteiger partial charge in [-0.15, -0.1) is 0 Å². The average Bonchev–Trinajstić information content (AvgIpc) is 2.73. The number of fused-ring (bicyclic) bond motifs is 1. The van der Waals surface area contributed by atoms with Gasteiger partial charge in [-0.2, -0.15) is 13.2 Å². The molecule has 202 valence electrons. The van der Waals surface area contributed by atoms with Crippen LogP contribution in [0.2, 0.25) is 0 Å².